The van der Waals surface area contributed by atoms with Crippen LogP contribution < -0.4 is 5.32 Å². The molecule has 2 aromatic carbocycles. The van der Waals surface area contributed by atoms with Gasteiger partial charge in [0.1, 0.15) is 5.82 Å². The number of amides is 1. The van der Waals surface area contributed by atoms with Gasteiger partial charge in [0, 0.05) is 31.4 Å². The highest BCUT2D eigenvalue weighted by atomic mass is 19.1. The lowest BCUT2D eigenvalue weighted by atomic mass is 10.1. The summed E-state index contributed by atoms with van der Waals surface area (Å²) in [6.45, 7) is 6.48. The molecule has 0 atom stereocenters. The molecule has 0 radical (unpaired) electrons. The van der Waals surface area contributed by atoms with Gasteiger partial charge in [0.05, 0.1) is 13.2 Å². The monoisotopic (exact) mass is 368 g/mol. The van der Waals surface area contributed by atoms with Gasteiger partial charge in [-0.3, -0.25) is 9.69 Å². The highest BCUT2D eigenvalue weighted by molar-refractivity contribution is 6.03. The second-order valence-corrected chi connectivity index (χ2v) is 6.72. The number of morpholine rings is 1. The van der Waals surface area contributed by atoms with Crippen molar-refractivity contribution in [1.82, 2.24) is 4.90 Å². The molecule has 0 aliphatic carbocycles. The number of hydrogen-bond acceptors (Lipinski definition) is 3. The highest BCUT2D eigenvalue weighted by Crippen LogP contribution is 2.15. The van der Waals surface area contributed by atoms with Crippen molar-refractivity contribution in [2.45, 2.75) is 13.3 Å². The van der Waals surface area contributed by atoms with Crippen LogP contribution in [0.5, 0.6) is 0 Å². The average molecular weight is 368 g/mol. The predicted molar refractivity (Wildman–Crippen MR) is 106 cm³/mol. The van der Waals surface area contributed by atoms with Crippen molar-refractivity contribution in [2.24, 2.45) is 0 Å². The maximum Gasteiger partial charge on any atom is 0.248 e. The molecule has 2 aromatic rings. The van der Waals surface area contributed by atoms with Crippen molar-refractivity contribution in [3.05, 3.63) is 71.6 Å². The van der Waals surface area contributed by atoms with Crippen LogP contribution in [0.4, 0.5) is 10.1 Å². The fourth-order valence-electron chi connectivity index (χ4n) is 3.04. The largest absolute Gasteiger partial charge is 0.379 e. The van der Waals surface area contributed by atoms with Crippen LogP contribution in [0.15, 0.2) is 54.6 Å². The molecule has 1 fully saturated rings. The number of allylic oxidation sites excluding steroid dienone is 1. The smallest absolute Gasteiger partial charge is 0.248 e. The Morgan fingerprint density at radius 2 is 1.78 bits per heavy atom. The van der Waals surface area contributed by atoms with Gasteiger partial charge in [0.2, 0.25) is 5.91 Å². The summed E-state index contributed by atoms with van der Waals surface area (Å²) in [7, 11) is 0. The summed E-state index contributed by atoms with van der Waals surface area (Å²) in [5.74, 6) is -0.484. The maximum atomic E-state index is 13.0. The molecule has 0 spiro atoms. The number of nitrogens with one attached hydrogen (secondary N) is 1. The Kier molecular flexibility index (Phi) is 6.74. The minimum Gasteiger partial charge on any atom is -0.379 e. The summed E-state index contributed by atoms with van der Waals surface area (Å²) in [6.07, 6.45) is 2.51. The number of rotatable bonds is 6. The molecule has 1 heterocycles. The van der Waals surface area contributed by atoms with Gasteiger partial charge >= 0.3 is 0 Å². The van der Waals surface area contributed by atoms with Gasteiger partial charge in [-0.2, -0.15) is 0 Å². The summed E-state index contributed by atoms with van der Waals surface area (Å²) >= 11 is 0. The molecule has 142 valence electrons. The van der Waals surface area contributed by atoms with Gasteiger partial charge in [-0.05, 0) is 54.3 Å². The number of carbonyl (C=O) groups excluding carboxylic acids is 1. The summed E-state index contributed by atoms with van der Waals surface area (Å²) in [5, 5.41) is 2.87. The van der Waals surface area contributed by atoms with E-state index in [9.17, 15) is 9.18 Å². The third-order valence-electron chi connectivity index (χ3n) is 4.69. The Balaban J connectivity index is 1.51. The molecule has 3 rings (SSSR count). The van der Waals surface area contributed by atoms with Crippen molar-refractivity contribution < 1.29 is 13.9 Å². The highest BCUT2D eigenvalue weighted by Gasteiger charge is 2.10. The lowest BCUT2D eigenvalue weighted by Gasteiger charge is -2.26. The quantitative estimate of drug-likeness (QED) is 0.790. The van der Waals surface area contributed by atoms with Crippen molar-refractivity contribution >= 4 is 17.2 Å². The number of anilines is 1. The Labute approximate surface area is 159 Å². The molecule has 1 aliphatic rings. The molecule has 1 N–H and O–H groups in total. The molecule has 4 nitrogen and oxygen atoms in total. The summed E-state index contributed by atoms with van der Waals surface area (Å²) < 4.78 is 18.3. The van der Waals surface area contributed by atoms with Gasteiger partial charge in [-0.25, -0.2) is 4.39 Å². The van der Waals surface area contributed by atoms with Gasteiger partial charge in [-0.1, -0.05) is 24.3 Å². The number of hydrogen-bond donors (Lipinski definition) is 1. The second-order valence-electron chi connectivity index (χ2n) is 6.72. The number of ether oxygens (including phenoxy) is 1. The zero-order valence-corrected chi connectivity index (χ0v) is 15.6. The van der Waals surface area contributed by atoms with E-state index in [0.29, 0.717) is 0 Å². The van der Waals surface area contributed by atoms with Gasteiger partial charge in [0.25, 0.3) is 0 Å². The molecule has 1 saturated heterocycles. The fourth-order valence-corrected chi connectivity index (χ4v) is 3.04. The molecule has 0 bridgehead atoms. The molecule has 27 heavy (non-hydrogen) atoms. The predicted octanol–water partition coefficient (Wildman–Crippen LogP) is 3.74. The van der Waals surface area contributed by atoms with Crippen LogP contribution in [0.25, 0.3) is 5.57 Å². The lowest BCUT2D eigenvalue weighted by Crippen LogP contribution is -2.37. The Morgan fingerprint density at radius 3 is 2.44 bits per heavy atom. The maximum absolute atomic E-state index is 13.0. The van der Waals surface area contributed by atoms with Crippen molar-refractivity contribution in [3.8, 4) is 0 Å². The number of halogens is 1. The van der Waals surface area contributed by atoms with Crippen molar-refractivity contribution in [1.29, 1.82) is 0 Å². The summed E-state index contributed by atoms with van der Waals surface area (Å²) in [5.41, 5.74) is 3.62. The van der Waals surface area contributed by atoms with Crippen LogP contribution in [0.3, 0.4) is 0 Å². The molecule has 1 aliphatic heterocycles. The van der Waals surface area contributed by atoms with Gasteiger partial charge < -0.3 is 10.1 Å². The van der Waals surface area contributed by atoms with Crippen molar-refractivity contribution in [3.63, 3.8) is 0 Å². The minimum atomic E-state index is -0.287. The van der Waals surface area contributed by atoms with Crippen LogP contribution in [-0.4, -0.2) is 43.7 Å². The molecule has 5 heteroatoms. The summed E-state index contributed by atoms with van der Waals surface area (Å²) in [6, 6.07) is 14.1. The van der Waals surface area contributed by atoms with Crippen LogP contribution in [0.1, 0.15) is 18.1 Å². The normalized spacial score (nSPS) is 15.6. The first-order valence-electron chi connectivity index (χ1n) is 9.24. The van der Waals surface area contributed by atoms with Gasteiger partial charge in [-0.15, -0.1) is 0 Å². The van der Waals surface area contributed by atoms with Crippen LogP contribution in [0, 0.1) is 5.82 Å². The van der Waals surface area contributed by atoms with E-state index in [4.69, 9.17) is 4.74 Å². The first kappa shape index (κ1) is 19.3. The van der Waals surface area contributed by atoms with E-state index in [1.165, 1.54) is 23.8 Å². The Morgan fingerprint density at radius 1 is 1.11 bits per heavy atom. The van der Waals surface area contributed by atoms with E-state index in [1.807, 2.05) is 31.2 Å². The molecular formula is C22H25FN2O2. The fraction of sp³-hybridized carbons (Fsp3) is 0.318. The Bertz CT molecular complexity index is 779. The first-order chi connectivity index (χ1) is 13.1. The van der Waals surface area contributed by atoms with Crippen molar-refractivity contribution in [2.75, 3.05) is 38.2 Å². The van der Waals surface area contributed by atoms with Gasteiger partial charge in [0.15, 0.2) is 0 Å². The van der Waals surface area contributed by atoms with Crippen LogP contribution >= 0.6 is 0 Å². The number of benzene rings is 2. The first-order valence-corrected chi connectivity index (χ1v) is 9.24. The SMILES string of the molecule is C/C(=C/C(=O)Nc1ccc(CCN2CCOCC2)cc1)c1ccc(F)cc1. The number of carbonyl (C=O) groups is 1. The molecular weight excluding hydrogens is 343 g/mol. The standard InChI is InChI=1S/C22H25FN2O2/c1-17(19-4-6-20(23)7-5-19)16-22(26)24-21-8-2-18(3-9-21)10-11-25-12-14-27-15-13-25/h2-9,16H,10-15H2,1H3,(H,24,26)/b17-16-. The van der Waals surface area contributed by atoms with Crippen LogP contribution in [0.2, 0.25) is 0 Å². The van der Waals surface area contributed by atoms with Crippen LogP contribution in [-0.2, 0) is 16.0 Å². The van der Waals surface area contributed by atoms with E-state index in [0.717, 1.165) is 56.1 Å². The zero-order valence-electron chi connectivity index (χ0n) is 15.6. The summed E-state index contributed by atoms with van der Waals surface area (Å²) in [4.78, 5) is 14.6. The Hall–Kier alpha value is -2.50. The second kappa shape index (κ2) is 9.44. The zero-order chi connectivity index (χ0) is 19.1. The van der Waals surface area contributed by atoms with E-state index in [1.54, 1.807) is 12.1 Å². The van der Waals surface area contributed by atoms with E-state index in [-0.39, 0.29) is 11.7 Å². The topological polar surface area (TPSA) is 41.6 Å². The molecule has 0 unspecified atom stereocenters. The molecule has 0 aromatic heterocycles. The molecule has 1 amide bonds. The van der Waals surface area contributed by atoms with E-state index >= 15 is 0 Å². The third kappa shape index (κ3) is 6.01. The lowest BCUT2D eigenvalue weighted by molar-refractivity contribution is -0.111. The number of nitrogens with zero attached hydrogens (tertiary/aromatic N) is 1. The van der Waals surface area contributed by atoms with E-state index < -0.39 is 0 Å². The van der Waals surface area contributed by atoms with E-state index in [2.05, 4.69) is 10.2 Å². The minimum absolute atomic E-state index is 0.196. The average Bonchev–Trinajstić information content (AvgIpc) is 2.68. The third-order valence-corrected chi connectivity index (χ3v) is 4.69. The molecule has 0 saturated carbocycles.